The first-order chi connectivity index (χ1) is 16.0. The van der Waals surface area contributed by atoms with Crippen molar-refractivity contribution < 1.29 is 14.5 Å². The topological polar surface area (TPSA) is 84.7 Å². The van der Waals surface area contributed by atoms with E-state index in [1.807, 2.05) is 43.3 Å². The van der Waals surface area contributed by atoms with Crippen molar-refractivity contribution in [1.29, 1.82) is 0 Å². The first-order valence-corrected chi connectivity index (χ1v) is 10.9. The van der Waals surface area contributed by atoms with Gasteiger partial charge in [0.2, 0.25) is 5.91 Å². The number of anilines is 1. The van der Waals surface area contributed by atoms with Crippen molar-refractivity contribution in [1.82, 2.24) is 4.90 Å². The van der Waals surface area contributed by atoms with E-state index in [9.17, 15) is 14.9 Å². The molecule has 0 unspecified atom stereocenters. The van der Waals surface area contributed by atoms with Crippen LogP contribution in [0.3, 0.4) is 0 Å². The summed E-state index contributed by atoms with van der Waals surface area (Å²) in [7, 11) is 1.46. The Morgan fingerprint density at radius 2 is 1.52 bits per heavy atom. The van der Waals surface area contributed by atoms with Crippen molar-refractivity contribution in [3.05, 3.63) is 100 Å². The Morgan fingerprint density at radius 3 is 2.00 bits per heavy atom. The van der Waals surface area contributed by atoms with Gasteiger partial charge in [-0.1, -0.05) is 60.7 Å². The Morgan fingerprint density at radius 1 is 0.970 bits per heavy atom. The summed E-state index contributed by atoms with van der Waals surface area (Å²) in [5.74, 6) is 0.135. The highest BCUT2D eigenvalue weighted by atomic mass is 16.6. The number of nitrogens with one attached hydrogen (secondary N) is 1. The van der Waals surface area contributed by atoms with Gasteiger partial charge >= 0.3 is 0 Å². The Bertz CT molecular complexity index is 1010. The largest absolute Gasteiger partial charge is 0.495 e. The molecule has 7 nitrogen and oxygen atoms in total. The van der Waals surface area contributed by atoms with Crippen LogP contribution >= 0.6 is 0 Å². The number of non-ortho nitro benzene ring substituents is 1. The van der Waals surface area contributed by atoms with E-state index in [0.29, 0.717) is 18.8 Å². The van der Waals surface area contributed by atoms with Gasteiger partial charge in [-0.3, -0.25) is 19.8 Å². The summed E-state index contributed by atoms with van der Waals surface area (Å²) in [4.78, 5) is 26.0. The highest BCUT2D eigenvalue weighted by molar-refractivity contribution is 5.96. The first kappa shape index (κ1) is 23.9. The van der Waals surface area contributed by atoms with E-state index < -0.39 is 11.0 Å². The molecule has 0 aliphatic carbocycles. The summed E-state index contributed by atoms with van der Waals surface area (Å²) in [6.45, 7) is 3.27. The second kappa shape index (κ2) is 11.8. The zero-order valence-corrected chi connectivity index (χ0v) is 18.9. The quantitative estimate of drug-likeness (QED) is 0.340. The molecule has 0 aliphatic rings. The van der Waals surface area contributed by atoms with Gasteiger partial charge in [-0.15, -0.1) is 0 Å². The molecule has 0 heterocycles. The average molecular weight is 448 g/mol. The lowest BCUT2D eigenvalue weighted by molar-refractivity contribution is -0.384. The minimum absolute atomic E-state index is 0.108. The Labute approximate surface area is 194 Å². The second-order valence-electron chi connectivity index (χ2n) is 7.81. The van der Waals surface area contributed by atoms with E-state index in [-0.39, 0.29) is 17.3 Å². The fraction of sp³-hybridized carbons (Fsp3) is 0.269. The predicted octanol–water partition coefficient (Wildman–Crippen LogP) is 4.72. The van der Waals surface area contributed by atoms with Crippen LogP contribution in [0.25, 0.3) is 0 Å². The maximum Gasteiger partial charge on any atom is 0.271 e. The maximum absolute atomic E-state index is 13.1. The molecule has 1 atom stereocenters. The fourth-order valence-electron chi connectivity index (χ4n) is 3.64. The average Bonchev–Trinajstić information content (AvgIpc) is 2.84. The molecule has 0 aromatic heterocycles. The van der Waals surface area contributed by atoms with Crippen LogP contribution in [0.2, 0.25) is 0 Å². The van der Waals surface area contributed by atoms with Gasteiger partial charge in [-0.05, 0) is 37.0 Å². The number of hydrogen-bond donors (Lipinski definition) is 1. The molecule has 7 heteroatoms. The number of ether oxygens (including phenoxy) is 1. The number of rotatable bonds is 11. The normalized spacial score (nSPS) is 11.7. The molecule has 3 aromatic carbocycles. The van der Waals surface area contributed by atoms with E-state index >= 15 is 0 Å². The number of methoxy groups -OCH3 is 1. The molecule has 1 amide bonds. The molecule has 0 bridgehead atoms. The lowest BCUT2D eigenvalue weighted by atomic mass is 10.1. The van der Waals surface area contributed by atoms with Crippen molar-refractivity contribution in [3.8, 4) is 5.75 Å². The molecule has 3 rings (SSSR count). The number of benzene rings is 3. The molecule has 0 saturated carbocycles. The van der Waals surface area contributed by atoms with Crippen molar-refractivity contribution >= 4 is 17.3 Å². The van der Waals surface area contributed by atoms with Gasteiger partial charge in [0.15, 0.2) is 0 Å². The molecule has 1 N–H and O–H groups in total. The number of carbonyl (C=O) groups excluding carboxylic acids is 1. The highest BCUT2D eigenvalue weighted by Gasteiger charge is 2.23. The standard InChI is InChI=1S/C26H29N3O4/c1-20(26(30)27-24-19-23(29(31)32)13-14-25(24)33-2)28(17-15-21-9-5-3-6-10-21)18-16-22-11-7-4-8-12-22/h3-14,19-20H,15-18H2,1-2H3,(H,27,30)/t20-/m0/s1. The van der Waals surface area contributed by atoms with E-state index in [1.165, 1.54) is 36.4 Å². The Hall–Kier alpha value is -3.71. The lowest BCUT2D eigenvalue weighted by Crippen LogP contribution is -2.44. The molecule has 0 aliphatic heterocycles. The number of nitro benzene ring substituents is 1. The number of amides is 1. The highest BCUT2D eigenvalue weighted by Crippen LogP contribution is 2.29. The monoisotopic (exact) mass is 447 g/mol. The molecule has 33 heavy (non-hydrogen) atoms. The van der Waals surface area contributed by atoms with Gasteiger partial charge in [-0.2, -0.15) is 0 Å². The van der Waals surface area contributed by atoms with Crippen LogP contribution in [0.15, 0.2) is 78.9 Å². The third-order valence-electron chi connectivity index (χ3n) is 5.64. The molecule has 0 saturated heterocycles. The predicted molar refractivity (Wildman–Crippen MR) is 130 cm³/mol. The molecule has 0 radical (unpaired) electrons. The molecule has 172 valence electrons. The van der Waals surface area contributed by atoms with Gasteiger partial charge in [0.05, 0.1) is 23.8 Å². The van der Waals surface area contributed by atoms with Crippen LogP contribution in [0.1, 0.15) is 18.1 Å². The minimum Gasteiger partial charge on any atom is -0.495 e. The van der Waals surface area contributed by atoms with Gasteiger partial charge in [-0.25, -0.2) is 0 Å². The number of carbonyl (C=O) groups is 1. The van der Waals surface area contributed by atoms with Crippen LogP contribution in [0.4, 0.5) is 11.4 Å². The van der Waals surface area contributed by atoms with Crippen LogP contribution in [0.5, 0.6) is 5.75 Å². The van der Waals surface area contributed by atoms with Crippen molar-refractivity contribution in [3.63, 3.8) is 0 Å². The van der Waals surface area contributed by atoms with Crippen molar-refractivity contribution in [2.45, 2.75) is 25.8 Å². The van der Waals surface area contributed by atoms with Crippen LogP contribution in [-0.4, -0.2) is 42.0 Å². The van der Waals surface area contributed by atoms with Gasteiger partial charge in [0, 0.05) is 25.2 Å². The molecular weight excluding hydrogens is 418 g/mol. The van der Waals surface area contributed by atoms with Crippen LogP contribution < -0.4 is 10.1 Å². The lowest BCUT2D eigenvalue weighted by Gasteiger charge is -2.28. The van der Waals surface area contributed by atoms with Crippen molar-refractivity contribution in [2.24, 2.45) is 0 Å². The van der Waals surface area contributed by atoms with E-state index in [4.69, 9.17) is 4.74 Å². The maximum atomic E-state index is 13.1. The van der Waals surface area contributed by atoms with Crippen LogP contribution in [0, 0.1) is 10.1 Å². The van der Waals surface area contributed by atoms with E-state index in [2.05, 4.69) is 34.5 Å². The van der Waals surface area contributed by atoms with Gasteiger partial charge in [0.25, 0.3) is 5.69 Å². The number of nitro groups is 1. The SMILES string of the molecule is COc1ccc([N+](=O)[O-])cc1NC(=O)[C@H](C)N(CCc1ccccc1)CCc1ccccc1. The summed E-state index contributed by atoms with van der Waals surface area (Å²) in [6.07, 6.45) is 1.63. The fourth-order valence-corrected chi connectivity index (χ4v) is 3.64. The number of hydrogen-bond acceptors (Lipinski definition) is 5. The number of nitrogens with zero attached hydrogens (tertiary/aromatic N) is 2. The van der Waals surface area contributed by atoms with Gasteiger partial charge in [0.1, 0.15) is 5.75 Å². The smallest absolute Gasteiger partial charge is 0.271 e. The Balaban J connectivity index is 1.74. The zero-order chi connectivity index (χ0) is 23.6. The summed E-state index contributed by atoms with van der Waals surface area (Å²) >= 11 is 0. The third kappa shape index (κ3) is 6.89. The molecule has 0 fully saturated rings. The molecular formula is C26H29N3O4. The summed E-state index contributed by atoms with van der Waals surface area (Å²) in [6, 6.07) is 24.0. The summed E-state index contributed by atoms with van der Waals surface area (Å²) in [5, 5.41) is 14.0. The summed E-state index contributed by atoms with van der Waals surface area (Å²) in [5.41, 5.74) is 2.59. The van der Waals surface area contributed by atoms with Gasteiger partial charge < -0.3 is 10.1 Å². The summed E-state index contributed by atoms with van der Waals surface area (Å²) < 4.78 is 5.28. The minimum atomic E-state index is -0.495. The molecule has 0 spiro atoms. The Kier molecular flexibility index (Phi) is 8.55. The van der Waals surface area contributed by atoms with E-state index in [0.717, 1.165) is 12.8 Å². The van der Waals surface area contributed by atoms with E-state index in [1.54, 1.807) is 0 Å². The second-order valence-corrected chi connectivity index (χ2v) is 7.81. The zero-order valence-electron chi connectivity index (χ0n) is 18.9. The van der Waals surface area contributed by atoms with Crippen LogP contribution in [-0.2, 0) is 17.6 Å². The third-order valence-corrected chi connectivity index (χ3v) is 5.64. The molecule has 3 aromatic rings. The first-order valence-electron chi connectivity index (χ1n) is 10.9. The van der Waals surface area contributed by atoms with Crippen molar-refractivity contribution in [2.75, 3.05) is 25.5 Å².